The van der Waals surface area contributed by atoms with Gasteiger partial charge in [-0.3, -0.25) is 9.67 Å². The Morgan fingerprint density at radius 3 is 2.58 bits per heavy atom. The van der Waals surface area contributed by atoms with Crippen LogP contribution in [0.3, 0.4) is 0 Å². The summed E-state index contributed by atoms with van der Waals surface area (Å²) in [7, 11) is 7.86. The van der Waals surface area contributed by atoms with E-state index in [0.717, 1.165) is 17.0 Å². The molecule has 0 aliphatic carbocycles. The van der Waals surface area contributed by atoms with E-state index in [0.29, 0.717) is 0 Å². The number of rotatable bonds is 6. The third-order valence-electron chi connectivity index (χ3n) is 4.14. The largest absolute Gasteiger partial charge is 0.354 e. The molecule has 0 radical (unpaired) electrons. The molecule has 0 amide bonds. The number of nitrogens with zero attached hydrogens (tertiary/aromatic N) is 4. The van der Waals surface area contributed by atoms with Gasteiger partial charge in [0.05, 0.1) is 18.3 Å². The highest BCUT2D eigenvalue weighted by molar-refractivity contribution is 14.0. The average molecular weight is 535 g/mol. The molecule has 2 unspecified atom stereocenters. The van der Waals surface area contributed by atoms with Crippen molar-refractivity contribution in [3.8, 4) is 0 Å². The molecule has 1 aromatic carbocycles. The smallest absolute Gasteiger partial charge is 0.191 e. The summed E-state index contributed by atoms with van der Waals surface area (Å²) in [5.74, 6) is 0.777. The maximum atomic E-state index is 4.35. The lowest BCUT2D eigenvalue weighted by Gasteiger charge is -2.26. The first-order valence-corrected chi connectivity index (χ1v) is 9.08. The zero-order chi connectivity index (χ0) is 18.4. The van der Waals surface area contributed by atoms with E-state index in [4.69, 9.17) is 0 Å². The summed E-state index contributed by atoms with van der Waals surface area (Å²) < 4.78 is 2.92. The van der Waals surface area contributed by atoms with Gasteiger partial charge in [-0.2, -0.15) is 5.10 Å². The Hall–Kier alpha value is -1.13. The van der Waals surface area contributed by atoms with Gasteiger partial charge in [0.1, 0.15) is 0 Å². The first kappa shape index (κ1) is 22.9. The van der Waals surface area contributed by atoms with Crippen LogP contribution in [0.4, 0.5) is 0 Å². The molecule has 0 aliphatic rings. The fourth-order valence-corrected chi connectivity index (χ4v) is 3.34. The summed E-state index contributed by atoms with van der Waals surface area (Å²) in [4.78, 5) is 6.53. The van der Waals surface area contributed by atoms with Gasteiger partial charge in [-0.25, -0.2) is 0 Å². The molecule has 2 atom stereocenters. The van der Waals surface area contributed by atoms with E-state index in [2.05, 4.69) is 68.6 Å². The number of aliphatic imine (C=N–C) groups is 1. The van der Waals surface area contributed by atoms with Gasteiger partial charge in [-0.1, -0.05) is 34.1 Å². The lowest BCUT2D eigenvalue weighted by atomic mass is 10.1. The number of nitrogens with one attached hydrogen (secondary N) is 2. The van der Waals surface area contributed by atoms with Crippen molar-refractivity contribution in [2.75, 3.05) is 27.7 Å². The van der Waals surface area contributed by atoms with Crippen LogP contribution in [-0.4, -0.2) is 48.3 Å². The molecule has 0 bridgehead atoms. The molecular formula is C18H28BrIN6. The molecule has 0 aliphatic heterocycles. The van der Waals surface area contributed by atoms with Gasteiger partial charge in [0.15, 0.2) is 5.96 Å². The Kier molecular flexibility index (Phi) is 9.59. The fourth-order valence-electron chi connectivity index (χ4n) is 2.71. The van der Waals surface area contributed by atoms with Gasteiger partial charge in [0.25, 0.3) is 0 Å². The summed E-state index contributed by atoms with van der Waals surface area (Å²) >= 11 is 3.61. The third-order valence-corrected chi connectivity index (χ3v) is 4.87. The van der Waals surface area contributed by atoms with E-state index in [-0.39, 0.29) is 36.1 Å². The van der Waals surface area contributed by atoms with Crippen molar-refractivity contribution in [1.29, 1.82) is 0 Å². The summed E-state index contributed by atoms with van der Waals surface area (Å²) in [6, 6.07) is 8.56. The van der Waals surface area contributed by atoms with E-state index in [1.54, 1.807) is 7.05 Å². The monoisotopic (exact) mass is 534 g/mol. The van der Waals surface area contributed by atoms with Gasteiger partial charge >= 0.3 is 0 Å². The van der Waals surface area contributed by atoms with Crippen LogP contribution >= 0.6 is 39.9 Å². The second-order valence-corrected chi connectivity index (χ2v) is 7.12. The van der Waals surface area contributed by atoms with Gasteiger partial charge < -0.3 is 15.5 Å². The highest BCUT2D eigenvalue weighted by Crippen LogP contribution is 2.22. The van der Waals surface area contributed by atoms with E-state index < -0.39 is 0 Å². The number of hydrogen-bond donors (Lipinski definition) is 2. The normalized spacial score (nSPS) is 13.9. The fraction of sp³-hybridized carbons (Fsp3) is 0.444. The SMILES string of the molecule is CN=C(NCC(c1cnn(C)c1)N(C)C)NC(C)c1ccccc1Br.I. The molecule has 6 nitrogen and oxygen atoms in total. The number of likely N-dealkylation sites (N-methyl/N-ethyl adjacent to an activating group) is 1. The molecule has 0 spiro atoms. The van der Waals surface area contributed by atoms with Crippen molar-refractivity contribution >= 4 is 45.9 Å². The van der Waals surface area contributed by atoms with Crippen molar-refractivity contribution in [2.45, 2.75) is 19.0 Å². The Balaban J connectivity index is 0.00000338. The molecule has 0 fully saturated rings. The molecule has 2 aromatic rings. The Morgan fingerprint density at radius 1 is 1.35 bits per heavy atom. The van der Waals surface area contributed by atoms with E-state index in [1.165, 1.54) is 11.1 Å². The van der Waals surface area contributed by atoms with E-state index >= 15 is 0 Å². The van der Waals surface area contributed by atoms with Gasteiger partial charge in [0.2, 0.25) is 0 Å². The second-order valence-electron chi connectivity index (χ2n) is 6.27. The molecule has 0 saturated heterocycles. The first-order chi connectivity index (χ1) is 11.9. The predicted molar refractivity (Wildman–Crippen MR) is 122 cm³/mol. The van der Waals surface area contributed by atoms with Crippen LogP contribution in [0.15, 0.2) is 46.1 Å². The lowest BCUT2D eigenvalue weighted by molar-refractivity contribution is 0.298. The van der Waals surface area contributed by atoms with Crippen molar-refractivity contribution < 1.29 is 0 Å². The first-order valence-electron chi connectivity index (χ1n) is 8.29. The minimum Gasteiger partial charge on any atom is -0.354 e. The van der Waals surface area contributed by atoms with Gasteiger partial charge in [0, 0.05) is 36.9 Å². The number of benzene rings is 1. The summed E-state index contributed by atoms with van der Waals surface area (Å²) in [5, 5.41) is 11.1. The van der Waals surface area contributed by atoms with Crippen LogP contribution < -0.4 is 10.6 Å². The van der Waals surface area contributed by atoms with Crippen molar-refractivity contribution in [1.82, 2.24) is 25.3 Å². The molecule has 144 valence electrons. The number of hydrogen-bond acceptors (Lipinski definition) is 3. The Labute approximate surface area is 181 Å². The number of aromatic nitrogens is 2. The lowest BCUT2D eigenvalue weighted by Crippen LogP contribution is -2.42. The standard InChI is InChI=1S/C18H27BrN6.HI/c1-13(15-8-6-7-9-16(15)19)23-18(20-2)21-11-17(24(3)4)14-10-22-25(5)12-14;/h6-10,12-13,17H,11H2,1-5H3,(H2,20,21,23);1H. The second kappa shape index (κ2) is 10.9. The molecule has 2 rings (SSSR count). The molecule has 2 N–H and O–H groups in total. The third kappa shape index (κ3) is 6.24. The highest BCUT2D eigenvalue weighted by atomic mass is 127. The summed E-state index contributed by atoms with van der Waals surface area (Å²) in [6.45, 7) is 2.86. The van der Waals surface area contributed by atoms with Crippen LogP contribution in [0.25, 0.3) is 0 Å². The van der Waals surface area contributed by atoms with Crippen molar-refractivity contribution in [2.24, 2.45) is 12.0 Å². The maximum absolute atomic E-state index is 4.35. The van der Waals surface area contributed by atoms with E-state index in [1.807, 2.05) is 42.3 Å². The highest BCUT2D eigenvalue weighted by Gasteiger charge is 2.17. The van der Waals surface area contributed by atoms with E-state index in [9.17, 15) is 0 Å². The van der Waals surface area contributed by atoms with Crippen LogP contribution in [0, 0.1) is 0 Å². The minimum atomic E-state index is 0. The maximum Gasteiger partial charge on any atom is 0.191 e. The zero-order valence-corrected chi connectivity index (χ0v) is 19.8. The molecule has 8 heteroatoms. The molecule has 1 aromatic heterocycles. The Bertz CT molecular complexity index is 715. The quantitative estimate of drug-likeness (QED) is 0.339. The minimum absolute atomic E-state index is 0. The zero-order valence-electron chi connectivity index (χ0n) is 15.9. The molecule has 0 saturated carbocycles. The average Bonchev–Trinajstić information content (AvgIpc) is 3.00. The molecule has 1 heterocycles. The summed E-state index contributed by atoms with van der Waals surface area (Å²) in [6.07, 6.45) is 3.96. The van der Waals surface area contributed by atoms with Gasteiger partial charge in [-0.05, 0) is 32.6 Å². The molecule has 26 heavy (non-hydrogen) atoms. The number of halogens is 2. The topological polar surface area (TPSA) is 57.5 Å². The van der Waals surface area contributed by atoms with Crippen LogP contribution in [0.5, 0.6) is 0 Å². The van der Waals surface area contributed by atoms with Crippen LogP contribution in [-0.2, 0) is 7.05 Å². The number of aryl methyl sites for hydroxylation is 1. The van der Waals surface area contributed by atoms with Crippen LogP contribution in [0.2, 0.25) is 0 Å². The summed E-state index contributed by atoms with van der Waals surface area (Å²) in [5.41, 5.74) is 2.37. The van der Waals surface area contributed by atoms with Gasteiger partial charge in [-0.15, -0.1) is 24.0 Å². The Morgan fingerprint density at radius 2 is 2.04 bits per heavy atom. The van der Waals surface area contributed by atoms with Crippen molar-refractivity contribution in [3.63, 3.8) is 0 Å². The number of guanidine groups is 1. The van der Waals surface area contributed by atoms with Crippen molar-refractivity contribution in [3.05, 3.63) is 52.3 Å². The molecular weight excluding hydrogens is 507 g/mol. The predicted octanol–water partition coefficient (Wildman–Crippen LogP) is 3.33. The van der Waals surface area contributed by atoms with Crippen LogP contribution in [0.1, 0.15) is 30.1 Å².